The molecule has 126 valence electrons. The second kappa shape index (κ2) is 6.56. The highest BCUT2D eigenvalue weighted by Crippen LogP contribution is 2.24. The number of ketones is 1. The highest BCUT2D eigenvalue weighted by Gasteiger charge is 2.27. The van der Waals surface area contributed by atoms with Gasteiger partial charge in [0.1, 0.15) is 11.4 Å². The summed E-state index contributed by atoms with van der Waals surface area (Å²) in [7, 11) is 0. The molecule has 0 N–H and O–H groups in total. The van der Waals surface area contributed by atoms with Gasteiger partial charge in [-0.05, 0) is 45.9 Å². The van der Waals surface area contributed by atoms with Crippen LogP contribution in [0.2, 0.25) is 0 Å². The Morgan fingerprint density at radius 2 is 1.74 bits per heavy atom. The first-order valence-electron chi connectivity index (χ1n) is 7.71. The summed E-state index contributed by atoms with van der Waals surface area (Å²) < 4.78 is 18.9. The zero-order valence-electron chi connectivity index (χ0n) is 14.1. The van der Waals surface area contributed by atoms with E-state index in [1.165, 1.54) is 25.1 Å². The molecule has 0 spiro atoms. The first kappa shape index (κ1) is 17.2. The van der Waals surface area contributed by atoms with Crippen LogP contribution in [0.3, 0.4) is 0 Å². The van der Waals surface area contributed by atoms with Crippen LogP contribution in [0, 0.1) is 5.82 Å². The Kier molecular flexibility index (Phi) is 4.92. The summed E-state index contributed by atoms with van der Waals surface area (Å²) in [6.07, 6.45) is -0.344. The molecule has 1 heterocycles. The zero-order valence-corrected chi connectivity index (χ0v) is 14.1. The van der Waals surface area contributed by atoms with E-state index < -0.39 is 5.60 Å². The molecule has 2 rings (SSSR count). The van der Waals surface area contributed by atoms with Crippen LogP contribution in [0.5, 0.6) is 0 Å². The predicted molar refractivity (Wildman–Crippen MR) is 86.4 cm³/mol. The number of hydrogen-bond donors (Lipinski definition) is 0. The van der Waals surface area contributed by atoms with Crippen LogP contribution >= 0.6 is 0 Å². The third-order valence-electron chi connectivity index (χ3n) is 3.61. The summed E-state index contributed by atoms with van der Waals surface area (Å²) in [5.74, 6) is -0.478. The molecule has 5 nitrogen and oxygen atoms in total. The fraction of sp³-hybridized carbons (Fsp3) is 0.529. The normalized spacial score (nSPS) is 15.5. The van der Waals surface area contributed by atoms with Crippen molar-refractivity contribution in [3.8, 4) is 0 Å². The first-order chi connectivity index (χ1) is 10.7. The van der Waals surface area contributed by atoms with E-state index in [0.29, 0.717) is 37.4 Å². The number of nitrogens with zero attached hydrogens (tertiary/aromatic N) is 2. The zero-order chi connectivity index (χ0) is 17.2. The minimum Gasteiger partial charge on any atom is -0.444 e. The molecule has 1 aromatic carbocycles. The average Bonchev–Trinajstić information content (AvgIpc) is 2.45. The fourth-order valence-electron chi connectivity index (χ4n) is 2.52. The summed E-state index contributed by atoms with van der Waals surface area (Å²) in [4.78, 5) is 27.3. The maximum absolute atomic E-state index is 13.5. The van der Waals surface area contributed by atoms with Gasteiger partial charge >= 0.3 is 6.09 Å². The number of anilines is 1. The van der Waals surface area contributed by atoms with E-state index in [-0.39, 0.29) is 17.7 Å². The van der Waals surface area contributed by atoms with Crippen molar-refractivity contribution in [3.63, 3.8) is 0 Å². The third kappa shape index (κ3) is 4.43. The summed E-state index contributed by atoms with van der Waals surface area (Å²) in [6, 6.07) is 4.17. The molecule has 0 unspecified atom stereocenters. The minimum atomic E-state index is -0.529. The van der Waals surface area contributed by atoms with E-state index >= 15 is 0 Å². The van der Waals surface area contributed by atoms with E-state index in [2.05, 4.69) is 0 Å². The lowest BCUT2D eigenvalue weighted by Gasteiger charge is -2.37. The number of piperazine rings is 1. The molecule has 1 aliphatic rings. The summed E-state index contributed by atoms with van der Waals surface area (Å²) >= 11 is 0. The van der Waals surface area contributed by atoms with Crippen molar-refractivity contribution < 1.29 is 18.7 Å². The number of carbonyl (C=O) groups is 2. The van der Waals surface area contributed by atoms with Crippen LogP contribution in [0.25, 0.3) is 0 Å². The molecule has 1 saturated heterocycles. The van der Waals surface area contributed by atoms with Gasteiger partial charge in [-0.15, -0.1) is 0 Å². The van der Waals surface area contributed by atoms with Crippen molar-refractivity contribution in [3.05, 3.63) is 29.6 Å². The van der Waals surface area contributed by atoms with Crippen LogP contribution < -0.4 is 4.90 Å². The lowest BCUT2D eigenvalue weighted by Crippen LogP contribution is -2.50. The van der Waals surface area contributed by atoms with Gasteiger partial charge in [-0.25, -0.2) is 9.18 Å². The Morgan fingerprint density at radius 3 is 2.26 bits per heavy atom. The highest BCUT2D eigenvalue weighted by atomic mass is 19.1. The molecule has 0 saturated carbocycles. The highest BCUT2D eigenvalue weighted by molar-refractivity contribution is 5.99. The number of Topliss-reactive ketones (excluding diaryl/α,β-unsaturated/α-hetero) is 1. The molecular formula is C17H23FN2O3. The van der Waals surface area contributed by atoms with Crippen molar-refractivity contribution in [2.24, 2.45) is 0 Å². The third-order valence-corrected chi connectivity index (χ3v) is 3.61. The summed E-state index contributed by atoms with van der Waals surface area (Å²) in [5, 5.41) is 0. The minimum absolute atomic E-state index is 0.102. The van der Waals surface area contributed by atoms with Gasteiger partial charge in [0.25, 0.3) is 0 Å². The van der Waals surface area contributed by atoms with Crippen LogP contribution in [0.15, 0.2) is 18.2 Å². The van der Waals surface area contributed by atoms with Crippen LogP contribution in [0.1, 0.15) is 38.1 Å². The monoisotopic (exact) mass is 322 g/mol. The summed E-state index contributed by atoms with van der Waals surface area (Å²) in [5.41, 5.74) is 0.553. The molecule has 1 aliphatic heterocycles. The van der Waals surface area contributed by atoms with E-state index in [4.69, 9.17) is 4.74 Å². The standard InChI is InChI=1S/C17H23FN2O3/c1-12(21)14-6-5-13(18)11-15(14)19-7-9-20(10-8-19)16(22)23-17(2,3)4/h5-6,11H,7-10H2,1-4H3. The van der Waals surface area contributed by atoms with E-state index in [1.54, 1.807) is 4.90 Å². The molecule has 0 atom stereocenters. The van der Waals surface area contributed by atoms with Crippen LogP contribution in [-0.4, -0.2) is 48.6 Å². The van der Waals surface area contributed by atoms with Crippen LogP contribution in [0.4, 0.5) is 14.9 Å². The van der Waals surface area contributed by atoms with Gasteiger partial charge in [-0.3, -0.25) is 4.79 Å². The quantitative estimate of drug-likeness (QED) is 0.785. The van der Waals surface area contributed by atoms with Gasteiger partial charge in [0, 0.05) is 31.7 Å². The average molecular weight is 322 g/mol. The topological polar surface area (TPSA) is 49.9 Å². The number of ether oxygens (including phenoxy) is 1. The fourth-order valence-corrected chi connectivity index (χ4v) is 2.52. The smallest absolute Gasteiger partial charge is 0.410 e. The maximum atomic E-state index is 13.5. The number of amides is 1. The van der Waals surface area contributed by atoms with E-state index in [0.717, 1.165) is 0 Å². The number of carbonyl (C=O) groups excluding carboxylic acids is 2. The summed E-state index contributed by atoms with van der Waals surface area (Å²) in [6.45, 7) is 8.96. The number of hydrogen-bond acceptors (Lipinski definition) is 4. The Labute approximate surface area is 136 Å². The van der Waals surface area contributed by atoms with Gasteiger partial charge in [0.2, 0.25) is 0 Å². The predicted octanol–water partition coefficient (Wildman–Crippen LogP) is 3.09. The van der Waals surface area contributed by atoms with Crippen molar-refractivity contribution in [1.82, 2.24) is 4.90 Å². The van der Waals surface area contributed by atoms with Gasteiger partial charge in [0.05, 0.1) is 5.69 Å². The second-order valence-corrected chi connectivity index (χ2v) is 6.67. The van der Waals surface area contributed by atoms with Crippen molar-refractivity contribution in [2.45, 2.75) is 33.3 Å². The molecule has 1 fully saturated rings. The molecule has 23 heavy (non-hydrogen) atoms. The molecular weight excluding hydrogens is 299 g/mol. The Hall–Kier alpha value is -2.11. The largest absolute Gasteiger partial charge is 0.444 e. The molecule has 1 amide bonds. The molecule has 0 radical (unpaired) electrons. The first-order valence-corrected chi connectivity index (χ1v) is 7.71. The Morgan fingerprint density at radius 1 is 1.13 bits per heavy atom. The van der Waals surface area contributed by atoms with Gasteiger partial charge < -0.3 is 14.5 Å². The molecule has 0 aromatic heterocycles. The van der Waals surface area contributed by atoms with Crippen molar-refractivity contribution in [1.29, 1.82) is 0 Å². The maximum Gasteiger partial charge on any atom is 0.410 e. The molecule has 1 aromatic rings. The second-order valence-electron chi connectivity index (χ2n) is 6.67. The SMILES string of the molecule is CC(=O)c1ccc(F)cc1N1CCN(C(=O)OC(C)(C)C)CC1. The number of halogens is 1. The van der Waals surface area contributed by atoms with E-state index in [9.17, 15) is 14.0 Å². The van der Waals surface area contributed by atoms with Crippen LogP contribution in [-0.2, 0) is 4.74 Å². The number of benzene rings is 1. The van der Waals surface area contributed by atoms with Gasteiger partial charge in [-0.1, -0.05) is 0 Å². The van der Waals surface area contributed by atoms with E-state index in [1.807, 2.05) is 25.7 Å². The molecule has 6 heteroatoms. The van der Waals surface area contributed by atoms with Crippen molar-refractivity contribution >= 4 is 17.6 Å². The Balaban J connectivity index is 2.06. The van der Waals surface area contributed by atoms with Gasteiger partial charge in [-0.2, -0.15) is 0 Å². The molecule has 0 bridgehead atoms. The van der Waals surface area contributed by atoms with Gasteiger partial charge in [0.15, 0.2) is 5.78 Å². The lowest BCUT2D eigenvalue weighted by atomic mass is 10.1. The molecule has 0 aliphatic carbocycles. The van der Waals surface area contributed by atoms with Crippen molar-refractivity contribution in [2.75, 3.05) is 31.1 Å². The Bertz CT molecular complexity index is 602. The lowest BCUT2D eigenvalue weighted by molar-refractivity contribution is 0.0240. The number of rotatable bonds is 2.